The summed E-state index contributed by atoms with van der Waals surface area (Å²) in [5.74, 6) is -0.443. The number of anilines is 1. The Morgan fingerprint density at radius 3 is 2.81 bits per heavy atom. The SMILES string of the molecule is CN(C)CCOC(=O)c1cc(Cl)ccc1N. The number of esters is 1. The third-order valence-electron chi connectivity index (χ3n) is 2.01. The number of rotatable bonds is 4. The highest BCUT2D eigenvalue weighted by molar-refractivity contribution is 6.31. The van der Waals surface area contributed by atoms with Gasteiger partial charge in [-0.25, -0.2) is 4.79 Å². The topological polar surface area (TPSA) is 55.6 Å². The molecule has 0 aliphatic rings. The molecule has 5 heteroatoms. The number of hydrogen-bond donors (Lipinski definition) is 1. The van der Waals surface area contributed by atoms with Crippen LogP contribution in [0.5, 0.6) is 0 Å². The number of hydrogen-bond acceptors (Lipinski definition) is 4. The van der Waals surface area contributed by atoms with Gasteiger partial charge in [0.25, 0.3) is 0 Å². The zero-order chi connectivity index (χ0) is 12.1. The molecule has 0 radical (unpaired) electrons. The van der Waals surface area contributed by atoms with Crippen molar-refractivity contribution in [3.05, 3.63) is 28.8 Å². The fraction of sp³-hybridized carbons (Fsp3) is 0.364. The molecular weight excluding hydrogens is 228 g/mol. The molecule has 4 nitrogen and oxygen atoms in total. The molecule has 0 fully saturated rings. The normalized spacial score (nSPS) is 10.5. The van der Waals surface area contributed by atoms with Gasteiger partial charge in [-0.05, 0) is 32.3 Å². The van der Waals surface area contributed by atoms with Crippen molar-refractivity contribution in [2.24, 2.45) is 0 Å². The second-order valence-corrected chi connectivity index (χ2v) is 4.11. The summed E-state index contributed by atoms with van der Waals surface area (Å²) in [6.45, 7) is 1.00. The Morgan fingerprint density at radius 1 is 1.50 bits per heavy atom. The van der Waals surface area contributed by atoms with Crippen molar-refractivity contribution < 1.29 is 9.53 Å². The zero-order valence-corrected chi connectivity index (χ0v) is 10.1. The highest BCUT2D eigenvalue weighted by Gasteiger charge is 2.11. The zero-order valence-electron chi connectivity index (χ0n) is 9.37. The summed E-state index contributed by atoms with van der Waals surface area (Å²) in [7, 11) is 3.81. The van der Waals surface area contributed by atoms with Gasteiger partial charge in [-0.1, -0.05) is 11.6 Å². The van der Waals surface area contributed by atoms with Crippen molar-refractivity contribution in [1.82, 2.24) is 4.90 Å². The summed E-state index contributed by atoms with van der Waals surface area (Å²) < 4.78 is 5.06. The number of likely N-dealkylation sites (N-methyl/N-ethyl adjacent to an activating group) is 1. The van der Waals surface area contributed by atoms with E-state index in [2.05, 4.69) is 0 Å². The molecule has 0 aliphatic carbocycles. The quantitative estimate of drug-likeness (QED) is 0.644. The van der Waals surface area contributed by atoms with Crippen LogP contribution >= 0.6 is 11.6 Å². The van der Waals surface area contributed by atoms with E-state index >= 15 is 0 Å². The summed E-state index contributed by atoms with van der Waals surface area (Å²) >= 11 is 5.77. The van der Waals surface area contributed by atoms with E-state index < -0.39 is 5.97 Å². The van der Waals surface area contributed by atoms with Crippen molar-refractivity contribution in [2.45, 2.75) is 0 Å². The number of nitrogens with zero attached hydrogens (tertiary/aromatic N) is 1. The molecule has 0 saturated carbocycles. The van der Waals surface area contributed by atoms with Crippen molar-refractivity contribution in [3.63, 3.8) is 0 Å². The van der Waals surface area contributed by atoms with E-state index in [4.69, 9.17) is 22.1 Å². The molecule has 1 rings (SSSR count). The molecule has 0 aliphatic heterocycles. The van der Waals surface area contributed by atoms with E-state index in [1.54, 1.807) is 12.1 Å². The van der Waals surface area contributed by atoms with Crippen LogP contribution in [0.25, 0.3) is 0 Å². The molecule has 0 aromatic heterocycles. The fourth-order valence-corrected chi connectivity index (χ4v) is 1.28. The Morgan fingerprint density at radius 2 is 2.19 bits per heavy atom. The Bertz CT molecular complexity index is 380. The predicted octanol–water partition coefficient (Wildman–Crippen LogP) is 1.64. The Balaban J connectivity index is 2.62. The molecular formula is C11H15ClN2O2. The van der Waals surface area contributed by atoms with Gasteiger partial charge in [0, 0.05) is 17.3 Å². The lowest BCUT2D eigenvalue weighted by atomic mass is 10.2. The largest absolute Gasteiger partial charge is 0.461 e. The average molecular weight is 243 g/mol. The highest BCUT2D eigenvalue weighted by Crippen LogP contribution is 2.18. The third-order valence-corrected chi connectivity index (χ3v) is 2.24. The molecule has 0 bridgehead atoms. The molecule has 1 aromatic carbocycles. The minimum absolute atomic E-state index is 0.311. The van der Waals surface area contributed by atoms with Crippen molar-refractivity contribution in [3.8, 4) is 0 Å². The van der Waals surface area contributed by atoms with Gasteiger partial charge in [0.2, 0.25) is 0 Å². The molecule has 1 aromatic rings. The third kappa shape index (κ3) is 3.72. The molecule has 88 valence electrons. The standard InChI is InChI=1S/C11H15ClN2O2/c1-14(2)5-6-16-11(15)9-7-8(12)3-4-10(9)13/h3-4,7H,5-6,13H2,1-2H3. The van der Waals surface area contributed by atoms with Gasteiger partial charge in [0.15, 0.2) is 0 Å². The molecule has 0 atom stereocenters. The van der Waals surface area contributed by atoms with Gasteiger partial charge < -0.3 is 15.4 Å². The molecule has 0 heterocycles. The summed E-state index contributed by atoms with van der Waals surface area (Å²) in [6.07, 6.45) is 0. The van der Waals surface area contributed by atoms with E-state index in [0.29, 0.717) is 29.4 Å². The van der Waals surface area contributed by atoms with E-state index in [1.165, 1.54) is 6.07 Å². The van der Waals surface area contributed by atoms with E-state index in [-0.39, 0.29) is 0 Å². The second kappa shape index (κ2) is 5.72. The van der Waals surface area contributed by atoms with Crippen LogP contribution in [0.3, 0.4) is 0 Å². The van der Waals surface area contributed by atoms with Crippen molar-refractivity contribution >= 4 is 23.3 Å². The number of nitrogens with two attached hydrogens (primary N) is 1. The van der Waals surface area contributed by atoms with E-state index in [1.807, 2.05) is 19.0 Å². The Hall–Kier alpha value is -1.26. The minimum atomic E-state index is -0.443. The van der Waals surface area contributed by atoms with Gasteiger partial charge >= 0.3 is 5.97 Å². The lowest BCUT2D eigenvalue weighted by Crippen LogP contribution is -2.20. The van der Waals surface area contributed by atoms with Crippen molar-refractivity contribution in [1.29, 1.82) is 0 Å². The molecule has 2 N–H and O–H groups in total. The van der Waals surface area contributed by atoms with Gasteiger partial charge in [0.1, 0.15) is 6.61 Å². The number of nitrogen functional groups attached to an aromatic ring is 1. The lowest BCUT2D eigenvalue weighted by Gasteiger charge is -2.10. The summed E-state index contributed by atoms with van der Waals surface area (Å²) in [5, 5.41) is 0.466. The Kier molecular flexibility index (Phi) is 4.58. The maximum atomic E-state index is 11.6. The van der Waals surface area contributed by atoms with Gasteiger partial charge in [-0.3, -0.25) is 0 Å². The van der Waals surface area contributed by atoms with Gasteiger partial charge in [-0.15, -0.1) is 0 Å². The molecule has 0 saturated heterocycles. The van der Waals surface area contributed by atoms with Crippen LogP contribution in [0.2, 0.25) is 5.02 Å². The molecule has 0 unspecified atom stereocenters. The highest BCUT2D eigenvalue weighted by atomic mass is 35.5. The lowest BCUT2D eigenvalue weighted by molar-refractivity contribution is 0.0483. The predicted molar refractivity (Wildman–Crippen MR) is 64.7 cm³/mol. The smallest absolute Gasteiger partial charge is 0.340 e. The first kappa shape index (κ1) is 12.8. The molecule has 0 amide bonds. The van der Waals surface area contributed by atoms with E-state index in [0.717, 1.165) is 0 Å². The minimum Gasteiger partial charge on any atom is -0.461 e. The van der Waals surface area contributed by atoms with Crippen LogP contribution in [0.1, 0.15) is 10.4 Å². The summed E-state index contributed by atoms with van der Waals surface area (Å²) in [4.78, 5) is 13.5. The average Bonchev–Trinajstić information content (AvgIpc) is 2.21. The maximum absolute atomic E-state index is 11.6. The number of carbonyl (C=O) groups excluding carboxylic acids is 1. The number of benzene rings is 1. The van der Waals surface area contributed by atoms with Crippen LogP contribution in [0, 0.1) is 0 Å². The van der Waals surface area contributed by atoms with Crippen LogP contribution in [-0.2, 0) is 4.74 Å². The molecule has 16 heavy (non-hydrogen) atoms. The summed E-state index contributed by atoms with van der Waals surface area (Å²) in [5.41, 5.74) is 6.34. The fourth-order valence-electron chi connectivity index (χ4n) is 1.10. The number of halogens is 1. The van der Waals surface area contributed by atoms with Gasteiger partial charge in [-0.2, -0.15) is 0 Å². The first-order valence-corrected chi connectivity index (χ1v) is 5.25. The molecule has 0 spiro atoms. The maximum Gasteiger partial charge on any atom is 0.340 e. The van der Waals surface area contributed by atoms with Gasteiger partial charge in [0.05, 0.1) is 5.56 Å². The van der Waals surface area contributed by atoms with Crippen LogP contribution in [0.4, 0.5) is 5.69 Å². The summed E-state index contributed by atoms with van der Waals surface area (Å²) in [6, 6.07) is 4.73. The Labute approximate surface area is 99.9 Å². The number of carbonyl (C=O) groups is 1. The van der Waals surface area contributed by atoms with Crippen LogP contribution < -0.4 is 5.73 Å². The van der Waals surface area contributed by atoms with Crippen LogP contribution in [-0.4, -0.2) is 38.1 Å². The van der Waals surface area contributed by atoms with Crippen molar-refractivity contribution in [2.75, 3.05) is 33.0 Å². The number of ether oxygens (including phenoxy) is 1. The second-order valence-electron chi connectivity index (χ2n) is 3.67. The monoisotopic (exact) mass is 242 g/mol. The van der Waals surface area contributed by atoms with Crippen LogP contribution in [0.15, 0.2) is 18.2 Å². The first-order valence-electron chi connectivity index (χ1n) is 4.87. The van der Waals surface area contributed by atoms with E-state index in [9.17, 15) is 4.79 Å². The first-order chi connectivity index (χ1) is 7.50.